The largest absolute Gasteiger partial charge is 0.497 e. The van der Waals surface area contributed by atoms with Crippen LogP contribution < -0.4 is 16.0 Å². The smallest absolute Gasteiger partial charge is 0.294 e. The number of anilines is 1. The molecule has 1 aliphatic rings. The Bertz CT molecular complexity index is 638. The number of hydrogen-bond donors (Lipinski definition) is 2. The third-order valence-electron chi connectivity index (χ3n) is 3.25. The molecule has 0 radical (unpaired) electrons. The average molecular weight is 245 g/mol. The van der Waals surface area contributed by atoms with E-state index in [1.54, 1.807) is 13.2 Å². The number of nitrogens with zero attached hydrogens (tertiary/aromatic N) is 1. The van der Waals surface area contributed by atoms with E-state index in [-0.39, 0.29) is 5.56 Å². The fourth-order valence-electron chi connectivity index (χ4n) is 2.08. The third kappa shape index (κ3) is 1.68. The second-order valence-corrected chi connectivity index (χ2v) is 4.56. The van der Waals surface area contributed by atoms with Crippen molar-refractivity contribution < 1.29 is 4.74 Å². The summed E-state index contributed by atoms with van der Waals surface area (Å²) in [5.41, 5.74) is 7.60. The fourth-order valence-corrected chi connectivity index (χ4v) is 2.08. The van der Waals surface area contributed by atoms with Gasteiger partial charge in [-0.25, -0.2) is 4.68 Å². The Labute approximate surface area is 104 Å². The SMILES string of the molecule is COc1cccc(-n2[nH]c(C3CC3)c(N)c2=O)c1. The molecule has 0 aliphatic heterocycles. The van der Waals surface area contributed by atoms with Crippen LogP contribution in [0.3, 0.4) is 0 Å². The molecule has 5 heteroatoms. The first-order valence-electron chi connectivity index (χ1n) is 5.95. The zero-order valence-electron chi connectivity index (χ0n) is 10.1. The highest BCUT2D eigenvalue weighted by atomic mass is 16.5. The summed E-state index contributed by atoms with van der Waals surface area (Å²) in [5.74, 6) is 1.13. The minimum Gasteiger partial charge on any atom is -0.497 e. The van der Waals surface area contributed by atoms with Crippen LogP contribution in [0.1, 0.15) is 24.5 Å². The summed E-state index contributed by atoms with van der Waals surface area (Å²) in [6, 6.07) is 7.32. The van der Waals surface area contributed by atoms with Gasteiger partial charge in [0.15, 0.2) is 0 Å². The lowest BCUT2D eigenvalue weighted by Gasteiger charge is -2.04. The topological polar surface area (TPSA) is 73.0 Å². The average Bonchev–Trinajstić information content (AvgIpc) is 3.19. The normalized spacial score (nSPS) is 14.7. The van der Waals surface area contributed by atoms with Gasteiger partial charge in [0.05, 0.1) is 18.5 Å². The summed E-state index contributed by atoms with van der Waals surface area (Å²) in [6.07, 6.45) is 2.20. The quantitative estimate of drug-likeness (QED) is 0.863. The summed E-state index contributed by atoms with van der Waals surface area (Å²) < 4.78 is 6.63. The lowest BCUT2D eigenvalue weighted by atomic mass is 10.2. The van der Waals surface area contributed by atoms with E-state index in [2.05, 4.69) is 5.10 Å². The Hall–Kier alpha value is -2.17. The molecule has 0 unspecified atom stereocenters. The first-order valence-corrected chi connectivity index (χ1v) is 5.95. The van der Waals surface area contributed by atoms with Crippen molar-refractivity contribution in [2.24, 2.45) is 0 Å². The minimum absolute atomic E-state index is 0.190. The number of ether oxygens (including phenoxy) is 1. The van der Waals surface area contributed by atoms with E-state index in [4.69, 9.17) is 10.5 Å². The molecular formula is C13H15N3O2. The maximum Gasteiger partial charge on any atom is 0.294 e. The maximum absolute atomic E-state index is 12.1. The van der Waals surface area contributed by atoms with Gasteiger partial charge >= 0.3 is 0 Å². The lowest BCUT2D eigenvalue weighted by Crippen LogP contribution is -2.16. The van der Waals surface area contributed by atoms with Gasteiger partial charge in [0.1, 0.15) is 11.4 Å². The Kier molecular flexibility index (Phi) is 2.40. The van der Waals surface area contributed by atoms with E-state index >= 15 is 0 Å². The van der Waals surface area contributed by atoms with Gasteiger partial charge in [-0.3, -0.25) is 9.89 Å². The number of nitrogens with one attached hydrogen (secondary N) is 1. The van der Waals surface area contributed by atoms with Crippen molar-refractivity contribution in [1.29, 1.82) is 0 Å². The molecule has 18 heavy (non-hydrogen) atoms. The molecule has 5 nitrogen and oxygen atoms in total. The van der Waals surface area contributed by atoms with Gasteiger partial charge in [0.2, 0.25) is 0 Å². The van der Waals surface area contributed by atoms with E-state index < -0.39 is 0 Å². The standard InChI is InChI=1S/C13H15N3O2/c1-18-10-4-2-3-9(7-10)16-13(17)11(14)12(15-16)8-5-6-8/h2-4,7-8,15H,5-6,14H2,1H3. The van der Waals surface area contributed by atoms with Crippen LogP contribution >= 0.6 is 0 Å². The summed E-state index contributed by atoms with van der Waals surface area (Å²) in [4.78, 5) is 12.1. The van der Waals surface area contributed by atoms with Crippen molar-refractivity contribution in [3.8, 4) is 11.4 Å². The lowest BCUT2D eigenvalue weighted by molar-refractivity contribution is 0.414. The van der Waals surface area contributed by atoms with Crippen LogP contribution in [-0.2, 0) is 0 Å². The van der Waals surface area contributed by atoms with Crippen molar-refractivity contribution in [3.05, 3.63) is 40.3 Å². The van der Waals surface area contributed by atoms with Crippen LogP contribution in [0, 0.1) is 0 Å². The van der Waals surface area contributed by atoms with E-state index in [1.165, 1.54) is 4.68 Å². The van der Waals surface area contributed by atoms with Crippen LogP contribution in [0.25, 0.3) is 5.69 Å². The Morgan fingerprint density at radius 3 is 2.89 bits per heavy atom. The highest BCUT2D eigenvalue weighted by molar-refractivity contribution is 5.48. The zero-order chi connectivity index (χ0) is 12.7. The molecule has 0 spiro atoms. The van der Waals surface area contributed by atoms with Crippen LogP contribution in [0.2, 0.25) is 0 Å². The number of methoxy groups -OCH3 is 1. The van der Waals surface area contributed by atoms with Gasteiger partial charge < -0.3 is 10.5 Å². The number of nitrogens with two attached hydrogens (primary N) is 1. The monoisotopic (exact) mass is 245 g/mol. The molecule has 1 aromatic heterocycles. The zero-order valence-corrected chi connectivity index (χ0v) is 10.1. The molecular weight excluding hydrogens is 230 g/mol. The fraction of sp³-hybridized carbons (Fsp3) is 0.308. The van der Waals surface area contributed by atoms with E-state index in [9.17, 15) is 4.79 Å². The Morgan fingerprint density at radius 1 is 1.44 bits per heavy atom. The van der Waals surface area contributed by atoms with E-state index in [1.807, 2.05) is 18.2 Å². The number of nitrogen functional groups attached to an aromatic ring is 1. The second-order valence-electron chi connectivity index (χ2n) is 4.56. The summed E-state index contributed by atoms with van der Waals surface area (Å²) in [5, 5.41) is 3.10. The van der Waals surface area contributed by atoms with Crippen molar-refractivity contribution in [1.82, 2.24) is 9.78 Å². The Balaban J connectivity index is 2.10. The number of rotatable bonds is 3. The number of benzene rings is 1. The highest BCUT2D eigenvalue weighted by Gasteiger charge is 2.29. The molecule has 0 bridgehead atoms. The van der Waals surface area contributed by atoms with Gasteiger partial charge in [0.25, 0.3) is 5.56 Å². The molecule has 1 fully saturated rings. The van der Waals surface area contributed by atoms with Gasteiger partial charge in [0, 0.05) is 12.0 Å². The Morgan fingerprint density at radius 2 is 2.22 bits per heavy atom. The van der Waals surface area contributed by atoms with Crippen LogP contribution in [-0.4, -0.2) is 16.9 Å². The summed E-state index contributed by atoms with van der Waals surface area (Å²) in [7, 11) is 1.60. The minimum atomic E-state index is -0.190. The number of hydrogen-bond acceptors (Lipinski definition) is 3. The number of H-pyrrole nitrogens is 1. The van der Waals surface area contributed by atoms with Gasteiger partial charge in [-0.1, -0.05) is 6.07 Å². The molecule has 3 N–H and O–H groups in total. The van der Waals surface area contributed by atoms with Crippen molar-refractivity contribution in [2.75, 3.05) is 12.8 Å². The van der Waals surface area contributed by atoms with Gasteiger partial charge in [-0.15, -0.1) is 0 Å². The number of aromatic amines is 1. The molecule has 1 aromatic carbocycles. The highest BCUT2D eigenvalue weighted by Crippen LogP contribution is 2.40. The first kappa shape index (κ1) is 11.0. The molecule has 3 rings (SSSR count). The molecule has 94 valence electrons. The predicted octanol–water partition coefficient (Wildman–Crippen LogP) is 1.63. The molecule has 0 atom stereocenters. The van der Waals surface area contributed by atoms with E-state index in [0.717, 1.165) is 24.2 Å². The molecule has 2 aromatic rings. The first-order chi connectivity index (χ1) is 8.70. The maximum atomic E-state index is 12.1. The summed E-state index contributed by atoms with van der Waals surface area (Å²) >= 11 is 0. The summed E-state index contributed by atoms with van der Waals surface area (Å²) in [6.45, 7) is 0. The van der Waals surface area contributed by atoms with Crippen molar-refractivity contribution >= 4 is 5.69 Å². The second kappa shape index (κ2) is 3.94. The van der Waals surface area contributed by atoms with E-state index in [0.29, 0.717) is 17.4 Å². The van der Waals surface area contributed by atoms with Crippen molar-refractivity contribution in [3.63, 3.8) is 0 Å². The molecule has 0 amide bonds. The molecule has 0 saturated heterocycles. The van der Waals surface area contributed by atoms with Gasteiger partial charge in [-0.05, 0) is 25.0 Å². The van der Waals surface area contributed by atoms with Gasteiger partial charge in [-0.2, -0.15) is 0 Å². The predicted molar refractivity (Wildman–Crippen MR) is 69.3 cm³/mol. The third-order valence-corrected chi connectivity index (χ3v) is 3.25. The van der Waals surface area contributed by atoms with Crippen LogP contribution in [0.4, 0.5) is 5.69 Å². The van der Waals surface area contributed by atoms with Crippen LogP contribution in [0.5, 0.6) is 5.75 Å². The van der Waals surface area contributed by atoms with Crippen LogP contribution in [0.15, 0.2) is 29.1 Å². The number of aromatic nitrogens is 2. The van der Waals surface area contributed by atoms with Crippen molar-refractivity contribution in [2.45, 2.75) is 18.8 Å². The molecule has 1 aliphatic carbocycles. The molecule has 1 heterocycles. The molecule has 1 saturated carbocycles.